The highest BCUT2D eigenvalue weighted by atomic mass is 32.2. The lowest BCUT2D eigenvalue weighted by Crippen LogP contribution is -2.23. The molecule has 6 heteroatoms. The van der Waals surface area contributed by atoms with E-state index in [4.69, 9.17) is 10.5 Å². The maximum atomic E-state index is 11.8. The highest BCUT2D eigenvalue weighted by Crippen LogP contribution is 2.26. The third-order valence-electron chi connectivity index (χ3n) is 1.99. The van der Waals surface area contributed by atoms with Crippen molar-refractivity contribution in [1.82, 2.24) is 4.72 Å². The van der Waals surface area contributed by atoms with Gasteiger partial charge >= 0.3 is 0 Å². The molecule has 0 amide bonds. The van der Waals surface area contributed by atoms with Crippen molar-refractivity contribution in [2.24, 2.45) is 0 Å². The Kier molecular flexibility index (Phi) is 4.36. The maximum Gasteiger partial charge on any atom is 0.240 e. The van der Waals surface area contributed by atoms with Crippen LogP contribution in [-0.4, -0.2) is 21.1 Å². The Morgan fingerprint density at radius 2 is 2.06 bits per heavy atom. The minimum absolute atomic E-state index is 0.0608. The van der Waals surface area contributed by atoms with Crippen LogP contribution in [0.2, 0.25) is 0 Å². The predicted molar refractivity (Wildman–Crippen MR) is 67.5 cm³/mol. The van der Waals surface area contributed by atoms with Gasteiger partial charge in [0.1, 0.15) is 5.75 Å². The minimum atomic E-state index is -3.47. The van der Waals surface area contributed by atoms with Gasteiger partial charge in [0, 0.05) is 12.6 Å². The Hall–Kier alpha value is -1.27. The molecule has 1 aromatic carbocycles. The van der Waals surface area contributed by atoms with Crippen molar-refractivity contribution in [3.63, 3.8) is 0 Å². The SMILES string of the molecule is CCNS(=O)(=O)c1ccc(N)c(OC(C)C)c1. The molecule has 0 atom stereocenters. The molecule has 0 bridgehead atoms. The van der Waals surface area contributed by atoms with Gasteiger partial charge in [0.05, 0.1) is 16.7 Å². The van der Waals surface area contributed by atoms with Gasteiger partial charge in [0.2, 0.25) is 10.0 Å². The number of nitrogen functional groups attached to an aromatic ring is 1. The second kappa shape index (κ2) is 5.37. The lowest BCUT2D eigenvalue weighted by atomic mass is 10.3. The van der Waals surface area contributed by atoms with Gasteiger partial charge in [-0.2, -0.15) is 0 Å². The zero-order chi connectivity index (χ0) is 13.1. The largest absolute Gasteiger partial charge is 0.489 e. The Morgan fingerprint density at radius 1 is 1.41 bits per heavy atom. The van der Waals surface area contributed by atoms with Crippen molar-refractivity contribution in [1.29, 1.82) is 0 Å². The van der Waals surface area contributed by atoms with Crippen LogP contribution >= 0.6 is 0 Å². The molecule has 0 spiro atoms. The molecule has 0 aliphatic rings. The standard InChI is InChI=1S/C11H18N2O3S/c1-4-13-17(14,15)9-5-6-10(12)11(7-9)16-8(2)3/h5-8,13H,4,12H2,1-3H3. The number of hydrogen-bond donors (Lipinski definition) is 2. The monoisotopic (exact) mass is 258 g/mol. The maximum absolute atomic E-state index is 11.8. The molecule has 0 heterocycles. The van der Waals surface area contributed by atoms with Crippen LogP contribution in [0.3, 0.4) is 0 Å². The summed E-state index contributed by atoms with van der Waals surface area (Å²) in [5.41, 5.74) is 6.14. The molecular formula is C11H18N2O3S. The molecule has 1 aromatic rings. The quantitative estimate of drug-likeness (QED) is 0.781. The first kappa shape index (κ1) is 13.8. The molecule has 0 aliphatic carbocycles. The van der Waals surface area contributed by atoms with Crippen molar-refractivity contribution in [2.45, 2.75) is 31.8 Å². The first-order valence-electron chi connectivity index (χ1n) is 5.42. The van der Waals surface area contributed by atoms with E-state index in [9.17, 15) is 8.42 Å². The second-order valence-electron chi connectivity index (χ2n) is 3.87. The van der Waals surface area contributed by atoms with Gasteiger partial charge in [-0.15, -0.1) is 0 Å². The van der Waals surface area contributed by atoms with Crippen LogP contribution in [0, 0.1) is 0 Å². The third-order valence-corrected chi connectivity index (χ3v) is 3.54. The van der Waals surface area contributed by atoms with E-state index in [0.29, 0.717) is 18.0 Å². The zero-order valence-electron chi connectivity index (χ0n) is 10.2. The highest BCUT2D eigenvalue weighted by Gasteiger charge is 2.15. The van der Waals surface area contributed by atoms with E-state index in [0.717, 1.165) is 0 Å². The molecule has 1 rings (SSSR count). The van der Waals surface area contributed by atoms with Gasteiger partial charge in [-0.05, 0) is 26.0 Å². The Labute approximate surface area is 102 Å². The molecule has 3 N–H and O–H groups in total. The molecule has 96 valence electrons. The lowest BCUT2D eigenvalue weighted by molar-refractivity contribution is 0.243. The smallest absolute Gasteiger partial charge is 0.240 e. The summed E-state index contributed by atoms with van der Waals surface area (Å²) in [7, 11) is -3.47. The number of anilines is 1. The highest BCUT2D eigenvalue weighted by molar-refractivity contribution is 7.89. The van der Waals surface area contributed by atoms with Crippen molar-refractivity contribution < 1.29 is 13.2 Å². The normalized spacial score (nSPS) is 11.8. The minimum Gasteiger partial charge on any atom is -0.489 e. The Balaban J connectivity index is 3.12. The molecule has 0 unspecified atom stereocenters. The van der Waals surface area contributed by atoms with Gasteiger partial charge in [-0.3, -0.25) is 0 Å². The molecular weight excluding hydrogens is 240 g/mol. The van der Waals surface area contributed by atoms with Crippen molar-refractivity contribution in [3.8, 4) is 5.75 Å². The number of hydrogen-bond acceptors (Lipinski definition) is 4. The lowest BCUT2D eigenvalue weighted by Gasteiger charge is -2.13. The van der Waals surface area contributed by atoms with Gasteiger partial charge in [0.25, 0.3) is 0 Å². The van der Waals surface area contributed by atoms with Gasteiger partial charge in [-0.1, -0.05) is 6.92 Å². The van der Waals surface area contributed by atoms with E-state index >= 15 is 0 Å². The number of benzene rings is 1. The summed E-state index contributed by atoms with van der Waals surface area (Å²) in [6.07, 6.45) is -0.0608. The van der Waals surface area contributed by atoms with Crippen LogP contribution in [0.5, 0.6) is 5.75 Å². The van der Waals surface area contributed by atoms with Gasteiger partial charge < -0.3 is 10.5 Å². The van der Waals surface area contributed by atoms with Crippen LogP contribution < -0.4 is 15.2 Å². The molecule has 0 fully saturated rings. The number of nitrogens with two attached hydrogens (primary N) is 1. The van der Waals surface area contributed by atoms with Gasteiger partial charge in [-0.25, -0.2) is 13.1 Å². The Morgan fingerprint density at radius 3 is 2.59 bits per heavy atom. The zero-order valence-corrected chi connectivity index (χ0v) is 11.0. The third kappa shape index (κ3) is 3.61. The van der Waals surface area contributed by atoms with Crippen LogP contribution in [-0.2, 0) is 10.0 Å². The van der Waals surface area contributed by atoms with E-state index in [1.54, 1.807) is 6.92 Å². The predicted octanol–water partition coefficient (Wildman–Crippen LogP) is 1.35. The number of sulfonamides is 1. The average molecular weight is 258 g/mol. The summed E-state index contributed by atoms with van der Waals surface area (Å²) in [4.78, 5) is 0.157. The molecule has 0 aromatic heterocycles. The van der Waals surface area contributed by atoms with Crippen LogP contribution in [0.15, 0.2) is 23.1 Å². The molecule has 5 nitrogen and oxygen atoms in total. The van der Waals surface area contributed by atoms with E-state index in [-0.39, 0.29) is 11.0 Å². The fraction of sp³-hybridized carbons (Fsp3) is 0.455. The van der Waals surface area contributed by atoms with Crippen LogP contribution in [0.1, 0.15) is 20.8 Å². The van der Waals surface area contributed by atoms with Crippen molar-refractivity contribution >= 4 is 15.7 Å². The van der Waals surface area contributed by atoms with Gasteiger partial charge in [0.15, 0.2) is 0 Å². The Bertz CT molecular complexity index is 483. The topological polar surface area (TPSA) is 81.4 Å². The molecule has 0 aliphatic heterocycles. The summed E-state index contributed by atoms with van der Waals surface area (Å²) in [6.45, 7) is 5.77. The summed E-state index contributed by atoms with van der Waals surface area (Å²) in [5.74, 6) is 0.388. The summed E-state index contributed by atoms with van der Waals surface area (Å²) in [6, 6.07) is 4.43. The van der Waals surface area contributed by atoms with E-state index < -0.39 is 10.0 Å². The first-order chi connectivity index (χ1) is 7.86. The van der Waals surface area contributed by atoms with E-state index in [1.807, 2.05) is 13.8 Å². The summed E-state index contributed by atoms with van der Waals surface area (Å²) in [5, 5.41) is 0. The molecule has 0 saturated carbocycles. The number of ether oxygens (including phenoxy) is 1. The number of nitrogens with one attached hydrogen (secondary N) is 1. The van der Waals surface area contributed by atoms with Crippen molar-refractivity contribution in [2.75, 3.05) is 12.3 Å². The summed E-state index contributed by atoms with van der Waals surface area (Å²) < 4.78 is 31.4. The first-order valence-corrected chi connectivity index (χ1v) is 6.91. The van der Waals surface area contributed by atoms with Crippen molar-refractivity contribution in [3.05, 3.63) is 18.2 Å². The molecule has 0 saturated heterocycles. The average Bonchev–Trinajstić information content (AvgIpc) is 2.20. The van der Waals surface area contributed by atoms with Crippen LogP contribution in [0.4, 0.5) is 5.69 Å². The fourth-order valence-corrected chi connectivity index (χ4v) is 2.37. The molecule has 17 heavy (non-hydrogen) atoms. The fourth-order valence-electron chi connectivity index (χ4n) is 1.31. The summed E-state index contributed by atoms with van der Waals surface area (Å²) >= 11 is 0. The second-order valence-corrected chi connectivity index (χ2v) is 5.63. The van der Waals surface area contributed by atoms with E-state index in [1.165, 1.54) is 18.2 Å². The van der Waals surface area contributed by atoms with E-state index in [2.05, 4.69) is 4.72 Å². The molecule has 0 radical (unpaired) electrons. The van der Waals surface area contributed by atoms with Crippen LogP contribution in [0.25, 0.3) is 0 Å². The number of rotatable bonds is 5.